The van der Waals surface area contributed by atoms with Crippen molar-refractivity contribution in [2.75, 3.05) is 77.9 Å². The molecule has 0 aliphatic carbocycles. The molecule has 0 radical (unpaired) electrons. The Bertz CT molecular complexity index is 671. The van der Waals surface area contributed by atoms with E-state index in [0.29, 0.717) is 13.1 Å². The van der Waals surface area contributed by atoms with Crippen LogP contribution in [0.4, 0.5) is 5.69 Å². The Morgan fingerprint density at radius 3 is 2.52 bits per heavy atom. The molecular weight excluding hydrogens is 483 g/mol. The Labute approximate surface area is 191 Å². The predicted molar refractivity (Wildman–Crippen MR) is 127 cm³/mol. The van der Waals surface area contributed by atoms with E-state index in [-0.39, 0.29) is 29.9 Å². The van der Waals surface area contributed by atoms with Crippen LogP contribution >= 0.6 is 24.0 Å². The molecule has 0 bridgehead atoms. The molecule has 2 aliphatic heterocycles. The van der Waals surface area contributed by atoms with Crippen LogP contribution in [0.3, 0.4) is 0 Å². The third-order valence-corrected chi connectivity index (χ3v) is 5.52. The normalized spacial score (nSPS) is 19.4. The van der Waals surface area contributed by atoms with E-state index in [0.717, 1.165) is 37.7 Å². The lowest BCUT2D eigenvalue weighted by atomic mass is 10.2. The highest BCUT2D eigenvalue weighted by molar-refractivity contribution is 14.0. The van der Waals surface area contributed by atoms with Crippen molar-refractivity contribution in [1.29, 1.82) is 0 Å². The molecule has 1 aromatic heterocycles. The van der Waals surface area contributed by atoms with Gasteiger partial charge in [-0.15, -0.1) is 24.0 Å². The highest BCUT2D eigenvalue weighted by Crippen LogP contribution is 2.16. The van der Waals surface area contributed by atoms with E-state index in [4.69, 9.17) is 0 Å². The lowest BCUT2D eigenvalue weighted by Gasteiger charge is -2.35. The van der Waals surface area contributed by atoms with Crippen LogP contribution in [-0.2, 0) is 11.8 Å². The van der Waals surface area contributed by atoms with Gasteiger partial charge in [-0.1, -0.05) is 0 Å². The van der Waals surface area contributed by atoms with Crippen LogP contribution in [0.1, 0.15) is 12.8 Å². The number of aryl methyl sites for hydroxylation is 1. The summed E-state index contributed by atoms with van der Waals surface area (Å²) in [6.45, 7) is 8.50. The number of piperazine rings is 2. The van der Waals surface area contributed by atoms with Crippen LogP contribution in [0.2, 0.25) is 0 Å². The van der Waals surface area contributed by atoms with E-state index >= 15 is 0 Å². The average molecular weight is 518 g/mol. The lowest BCUT2D eigenvalue weighted by molar-refractivity contribution is -0.120. The van der Waals surface area contributed by atoms with Gasteiger partial charge in [-0.3, -0.25) is 14.5 Å². The zero-order chi connectivity index (χ0) is 19.9. The number of aliphatic imine (C=N–C) groups is 1. The summed E-state index contributed by atoms with van der Waals surface area (Å²) in [5, 5.41) is 7.58. The molecule has 2 aliphatic rings. The van der Waals surface area contributed by atoms with Gasteiger partial charge in [0, 0.05) is 66.1 Å². The molecule has 0 atom stereocenters. The molecule has 2 fully saturated rings. The molecule has 29 heavy (non-hydrogen) atoms. The highest BCUT2D eigenvalue weighted by atomic mass is 127. The minimum atomic E-state index is 0. The first kappa shape index (κ1) is 23.9. The summed E-state index contributed by atoms with van der Waals surface area (Å²) >= 11 is 0. The van der Waals surface area contributed by atoms with Gasteiger partial charge in [0.1, 0.15) is 6.54 Å². The standard InChI is InChI=1S/C19H34N8O.HI/c1-20-19(21-6-4-5-7-25-10-8-23(2)9-11-25)26-12-13-27(18(28)16-26)17-14-22-24(3)15-17;/h14-15H,4-13,16H2,1-3H3,(H,20,21);1H. The summed E-state index contributed by atoms with van der Waals surface area (Å²) in [6.07, 6.45) is 5.90. The Morgan fingerprint density at radius 2 is 1.90 bits per heavy atom. The molecule has 2 saturated heterocycles. The van der Waals surface area contributed by atoms with Crippen LogP contribution < -0.4 is 10.2 Å². The number of likely N-dealkylation sites (N-methyl/N-ethyl adjacent to an activating group) is 1. The summed E-state index contributed by atoms with van der Waals surface area (Å²) in [4.78, 5) is 25.7. The zero-order valence-electron chi connectivity index (χ0n) is 17.9. The van der Waals surface area contributed by atoms with Crippen molar-refractivity contribution in [2.24, 2.45) is 12.0 Å². The second-order valence-electron chi connectivity index (χ2n) is 7.67. The molecule has 0 aromatic carbocycles. The number of nitrogens with zero attached hydrogens (tertiary/aromatic N) is 7. The fourth-order valence-corrected chi connectivity index (χ4v) is 3.74. The van der Waals surface area contributed by atoms with E-state index in [1.807, 2.05) is 18.1 Å². The lowest BCUT2D eigenvalue weighted by Crippen LogP contribution is -2.55. The molecule has 9 nitrogen and oxygen atoms in total. The summed E-state index contributed by atoms with van der Waals surface area (Å²) < 4.78 is 1.72. The quantitative estimate of drug-likeness (QED) is 0.253. The predicted octanol–water partition coefficient (Wildman–Crippen LogP) is 0.290. The number of guanidine groups is 1. The number of carbonyl (C=O) groups is 1. The minimum absolute atomic E-state index is 0. The van der Waals surface area contributed by atoms with E-state index in [1.54, 1.807) is 22.8 Å². The van der Waals surface area contributed by atoms with E-state index < -0.39 is 0 Å². The summed E-state index contributed by atoms with van der Waals surface area (Å²) in [5.41, 5.74) is 0.860. The monoisotopic (exact) mass is 518 g/mol. The fourth-order valence-electron chi connectivity index (χ4n) is 3.74. The van der Waals surface area contributed by atoms with Gasteiger partial charge >= 0.3 is 0 Å². The van der Waals surface area contributed by atoms with Crippen molar-refractivity contribution in [3.8, 4) is 0 Å². The molecule has 1 N–H and O–H groups in total. The number of nitrogens with one attached hydrogen (secondary N) is 1. The molecule has 3 rings (SSSR count). The Morgan fingerprint density at radius 1 is 1.14 bits per heavy atom. The van der Waals surface area contributed by atoms with E-state index in [1.165, 1.54) is 32.6 Å². The first-order chi connectivity index (χ1) is 13.6. The second-order valence-corrected chi connectivity index (χ2v) is 7.67. The number of aromatic nitrogens is 2. The molecule has 3 heterocycles. The number of amides is 1. The topological polar surface area (TPSA) is 72.2 Å². The summed E-state index contributed by atoms with van der Waals surface area (Å²) in [5.74, 6) is 0.899. The fraction of sp³-hybridized carbons (Fsp3) is 0.737. The average Bonchev–Trinajstić information content (AvgIpc) is 3.12. The number of halogens is 1. The van der Waals surface area contributed by atoms with Crippen LogP contribution in [0.5, 0.6) is 0 Å². The smallest absolute Gasteiger partial charge is 0.246 e. The largest absolute Gasteiger partial charge is 0.356 e. The van der Waals surface area contributed by atoms with E-state index in [9.17, 15) is 4.79 Å². The maximum atomic E-state index is 12.6. The van der Waals surface area contributed by atoms with Crippen molar-refractivity contribution >= 4 is 41.5 Å². The third-order valence-electron chi connectivity index (χ3n) is 5.52. The van der Waals surface area contributed by atoms with Crippen molar-refractivity contribution in [2.45, 2.75) is 12.8 Å². The van der Waals surface area contributed by atoms with Crippen molar-refractivity contribution < 1.29 is 4.79 Å². The van der Waals surface area contributed by atoms with Crippen LogP contribution in [0, 0.1) is 0 Å². The van der Waals surface area contributed by atoms with Gasteiger partial charge in [0.25, 0.3) is 0 Å². The van der Waals surface area contributed by atoms with Crippen molar-refractivity contribution in [3.05, 3.63) is 12.4 Å². The van der Waals surface area contributed by atoms with Gasteiger partial charge in [-0.25, -0.2) is 0 Å². The van der Waals surface area contributed by atoms with Gasteiger partial charge in [-0.05, 0) is 26.4 Å². The van der Waals surface area contributed by atoms with Gasteiger partial charge in [0.2, 0.25) is 5.91 Å². The Balaban J connectivity index is 0.00000300. The minimum Gasteiger partial charge on any atom is -0.356 e. The molecule has 1 aromatic rings. The van der Waals surface area contributed by atoms with Gasteiger partial charge in [0.05, 0.1) is 11.9 Å². The first-order valence-corrected chi connectivity index (χ1v) is 10.2. The molecule has 10 heteroatoms. The molecule has 0 unspecified atom stereocenters. The van der Waals surface area contributed by atoms with Crippen molar-refractivity contribution in [3.63, 3.8) is 0 Å². The SMILES string of the molecule is CN=C(NCCCCN1CCN(C)CC1)N1CCN(c2cnn(C)c2)C(=O)C1.I. The van der Waals surface area contributed by atoms with Crippen LogP contribution in [0.15, 0.2) is 17.4 Å². The third kappa shape index (κ3) is 6.82. The number of anilines is 1. The number of hydrogen-bond donors (Lipinski definition) is 1. The first-order valence-electron chi connectivity index (χ1n) is 10.2. The van der Waals surface area contributed by atoms with Gasteiger partial charge < -0.3 is 24.9 Å². The highest BCUT2D eigenvalue weighted by Gasteiger charge is 2.27. The Hall–Kier alpha value is -1.40. The molecular formula is C19H35IN8O. The molecule has 1 amide bonds. The maximum Gasteiger partial charge on any atom is 0.246 e. The molecule has 164 valence electrons. The summed E-state index contributed by atoms with van der Waals surface area (Å²) in [7, 11) is 5.83. The van der Waals surface area contributed by atoms with E-state index in [2.05, 4.69) is 32.3 Å². The number of hydrogen-bond acceptors (Lipinski definition) is 5. The number of carbonyl (C=O) groups excluding carboxylic acids is 1. The number of rotatable bonds is 6. The van der Waals surface area contributed by atoms with Gasteiger partial charge in [0.15, 0.2) is 5.96 Å². The second kappa shape index (κ2) is 11.7. The number of unbranched alkanes of at least 4 members (excludes halogenated alkanes) is 1. The van der Waals surface area contributed by atoms with Gasteiger partial charge in [-0.2, -0.15) is 5.10 Å². The maximum absolute atomic E-state index is 12.6. The molecule has 0 saturated carbocycles. The summed E-state index contributed by atoms with van der Waals surface area (Å²) in [6, 6.07) is 0. The molecule has 0 spiro atoms. The van der Waals surface area contributed by atoms with Crippen LogP contribution in [0.25, 0.3) is 0 Å². The Kier molecular flexibility index (Phi) is 9.63. The van der Waals surface area contributed by atoms with Crippen LogP contribution in [-0.4, -0.2) is 109 Å². The zero-order valence-corrected chi connectivity index (χ0v) is 20.2. The van der Waals surface area contributed by atoms with Crippen molar-refractivity contribution in [1.82, 2.24) is 29.8 Å².